The van der Waals surface area contributed by atoms with E-state index in [9.17, 15) is 0 Å². The molecule has 0 amide bonds. The molecule has 0 atom stereocenters. The van der Waals surface area contributed by atoms with Crippen molar-refractivity contribution in [3.63, 3.8) is 0 Å². The maximum atomic E-state index is 8.93. The van der Waals surface area contributed by atoms with Gasteiger partial charge >= 0.3 is 0 Å². The van der Waals surface area contributed by atoms with E-state index in [1.54, 1.807) is 0 Å². The highest BCUT2D eigenvalue weighted by Gasteiger charge is 2.13. The van der Waals surface area contributed by atoms with Crippen molar-refractivity contribution in [2.75, 3.05) is 0 Å². The van der Waals surface area contributed by atoms with Gasteiger partial charge in [-0.05, 0) is 17.7 Å². The van der Waals surface area contributed by atoms with Gasteiger partial charge in [0.2, 0.25) is 0 Å². The monoisotopic (exact) mass is 331 g/mol. The van der Waals surface area contributed by atoms with Gasteiger partial charge in [0.25, 0.3) is 0 Å². The van der Waals surface area contributed by atoms with Crippen molar-refractivity contribution in [2.45, 2.75) is 13.2 Å². The molecule has 0 bridgehead atoms. The number of halogens is 1. The molecule has 0 saturated carbocycles. The van der Waals surface area contributed by atoms with E-state index in [4.69, 9.17) is 21.6 Å². The lowest BCUT2D eigenvalue weighted by molar-refractivity contribution is 0.107. The van der Waals surface area contributed by atoms with E-state index in [1.165, 1.54) is 11.3 Å². The Bertz CT molecular complexity index is 805. The molecule has 0 spiro atoms. The minimum Gasteiger partial charge on any atom is -0.370 e. The van der Waals surface area contributed by atoms with Gasteiger partial charge in [-0.3, -0.25) is 0 Å². The van der Waals surface area contributed by atoms with E-state index in [-0.39, 0.29) is 5.69 Å². The van der Waals surface area contributed by atoms with Crippen molar-refractivity contribution in [1.29, 1.82) is 5.26 Å². The lowest BCUT2D eigenvalue weighted by Gasteiger charge is -2.02. The van der Waals surface area contributed by atoms with Crippen LogP contribution in [0.5, 0.6) is 0 Å². The van der Waals surface area contributed by atoms with Crippen LogP contribution in [-0.4, -0.2) is 20.4 Å². The van der Waals surface area contributed by atoms with Crippen LogP contribution in [0, 0.1) is 11.3 Å². The van der Waals surface area contributed by atoms with Gasteiger partial charge in [0, 0.05) is 10.4 Å². The Kier molecular flexibility index (Phi) is 4.44. The van der Waals surface area contributed by atoms with Gasteiger partial charge < -0.3 is 4.74 Å². The number of thiazole rings is 1. The van der Waals surface area contributed by atoms with Crippen molar-refractivity contribution >= 4 is 22.9 Å². The number of aromatic amines is 1. The Morgan fingerprint density at radius 1 is 1.23 bits per heavy atom. The van der Waals surface area contributed by atoms with Gasteiger partial charge in [0.05, 0.1) is 13.2 Å². The molecule has 8 heteroatoms. The van der Waals surface area contributed by atoms with Crippen LogP contribution < -0.4 is 0 Å². The second-order valence-electron chi connectivity index (χ2n) is 4.38. The Morgan fingerprint density at radius 3 is 2.82 bits per heavy atom. The number of nitriles is 1. The lowest BCUT2D eigenvalue weighted by Crippen LogP contribution is -1.94. The summed E-state index contributed by atoms with van der Waals surface area (Å²) in [6.07, 6.45) is 0. The van der Waals surface area contributed by atoms with Gasteiger partial charge in [-0.25, -0.2) is 4.98 Å². The SMILES string of the molecule is N#Cc1n[nH]nc1-c1csc(COCc2ccc(Cl)cc2)n1. The van der Waals surface area contributed by atoms with E-state index in [2.05, 4.69) is 20.4 Å². The number of benzene rings is 1. The zero-order valence-electron chi connectivity index (χ0n) is 11.3. The number of aromatic nitrogens is 4. The highest BCUT2D eigenvalue weighted by Crippen LogP contribution is 2.22. The zero-order chi connectivity index (χ0) is 15.4. The highest BCUT2D eigenvalue weighted by molar-refractivity contribution is 7.09. The predicted molar refractivity (Wildman–Crippen MR) is 82.2 cm³/mol. The number of rotatable bonds is 5. The number of hydrogen-bond donors (Lipinski definition) is 1. The average molecular weight is 332 g/mol. The first kappa shape index (κ1) is 14.7. The van der Waals surface area contributed by atoms with Crippen LogP contribution in [0.2, 0.25) is 5.02 Å². The lowest BCUT2D eigenvalue weighted by atomic mass is 10.2. The van der Waals surface area contributed by atoms with E-state index in [0.717, 1.165) is 10.6 Å². The average Bonchev–Trinajstić information content (AvgIpc) is 3.17. The number of hydrogen-bond acceptors (Lipinski definition) is 6. The maximum Gasteiger partial charge on any atom is 0.192 e. The van der Waals surface area contributed by atoms with Crippen molar-refractivity contribution < 1.29 is 4.74 Å². The quantitative estimate of drug-likeness (QED) is 0.775. The molecule has 2 aromatic heterocycles. The van der Waals surface area contributed by atoms with Gasteiger partial charge in [0.15, 0.2) is 5.69 Å². The van der Waals surface area contributed by atoms with Crippen LogP contribution in [0.4, 0.5) is 0 Å². The van der Waals surface area contributed by atoms with Crippen LogP contribution in [0.25, 0.3) is 11.4 Å². The minimum atomic E-state index is 0.235. The van der Waals surface area contributed by atoms with E-state index in [0.29, 0.717) is 29.6 Å². The van der Waals surface area contributed by atoms with E-state index in [1.807, 2.05) is 35.7 Å². The maximum absolute atomic E-state index is 8.93. The molecule has 0 unspecified atom stereocenters. The topological polar surface area (TPSA) is 87.5 Å². The van der Waals surface area contributed by atoms with Crippen molar-refractivity contribution in [3.8, 4) is 17.5 Å². The predicted octanol–water partition coefficient (Wildman–Crippen LogP) is 3.17. The molecule has 110 valence electrons. The second kappa shape index (κ2) is 6.66. The third kappa shape index (κ3) is 3.31. The molecule has 22 heavy (non-hydrogen) atoms. The Hall–Kier alpha value is -2.27. The Labute approximate surface area is 135 Å². The molecule has 3 aromatic rings. The fourth-order valence-electron chi connectivity index (χ4n) is 1.81. The number of ether oxygens (including phenoxy) is 1. The number of H-pyrrole nitrogens is 1. The van der Waals surface area contributed by atoms with Crippen LogP contribution >= 0.6 is 22.9 Å². The summed E-state index contributed by atoms with van der Waals surface area (Å²) >= 11 is 7.29. The molecule has 0 saturated heterocycles. The summed E-state index contributed by atoms with van der Waals surface area (Å²) in [5.41, 5.74) is 2.37. The van der Waals surface area contributed by atoms with Crippen LogP contribution in [-0.2, 0) is 18.0 Å². The summed E-state index contributed by atoms with van der Waals surface area (Å²) in [7, 11) is 0. The summed E-state index contributed by atoms with van der Waals surface area (Å²) in [5, 5.41) is 22.4. The van der Waals surface area contributed by atoms with Crippen LogP contribution in [0.1, 0.15) is 16.3 Å². The normalized spacial score (nSPS) is 10.5. The van der Waals surface area contributed by atoms with Crippen molar-refractivity contribution in [1.82, 2.24) is 20.4 Å². The van der Waals surface area contributed by atoms with Crippen LogP contribution in [0.15, 0.2) is 29.6 Å². The van der Waals surface area contributed by atoms with Gasteiger partial charge in [-0.15, -0.1) is 16.4 Å². The van der Waals surface area contributed by atoms with Gasteiger partial charge in [0.1, 0.15) is 22.5 Å². The Balaban J connectivity index is 1.60. The first-order valence-electron chi connectivity index (χ1n) is 6.34. The summed E-state index contributed by atoms with van der Waals surface area (Å²) in [4.78, 5) is 4.41. The van der Waals surface area contributed by atoms with Gasteiger partial charge in [-0.2, -0.15) is 15.6 Å². The standard InChI is InChI=1S/C14H10ClN5OS/c15-10-3-1-9(2-4-10)6-21-7-13-17-12(8-22-13)14-11(5-16)18-20-19-14/h1-4,8H,6-7H2,(H,18,19,20). The molecule has 2 heterocycles. The molecule has 0 aliphatic carbocycles. The largest absolute Gasteiger partial charge is 0.370 e. The molecule has 0 fully saturated rings. The molecule has 6 nitrogen and oxygen atoms in total. The Morgan fingerprint density at radius 2 is 2.05 bits per heavy atom. The first-order valence-corrected chi connectivity index (χ1v) is 7.60. The van der Waals surface area contributed by atoms with Crippen molar-refractivity contribution in [3.05, 3.63) is 50.9 Å². The number of nitrogens with one attached hydrogen (secondary N) is 1. The molecule has 1 N–H and O–H groups in total. The van der Waals surface area contributed by atoms with E-state index < -0.39 is 0 Å². The van der Waals surface area contributed by atoms with Crippen LogP contribution in [0.3, 0.4) is 0 Å². The smallest absolute Gasteiger partial charge is 0.192 e. The molecule has 0 radical (unpaired) electrons. The molecule has 3 rings (SSSR count). The zero-order valence-corrected chi connectivity index (χ0v) is 12.9. The highest BCUT2D eigenvalue weighted by atomic mass is 35.5. The fourth-order valence-corrected chi connectivity index (χ4v) is 2.65. The molecule has 0 aliphatic heterocycles. The third-order valence-electron chi connectivity index (χ3n) is 2.86. The van der Waals surface area contributed by atoms with E-state index >= 15 is 0 Å². The molecular weight excluding hydrogens is 322 g/mol. The molecule has 1 aromatic carbocycles. The minimum absolute atomic E-state index is 0.235. The molecule has 0 aliphatic rings. The third-order valence-corrected chi connectivity index (χ3v) is 3.93. The summed E-state index contributed by atoms with van der Waals surface area (Å²) < 4.78 is 5.63. The van der Waals surface area contributed by atoms with Crippen molar-refractivity contribution in [2.24, 2.45) is 0 Å². The summed E-state index contributed by atoms with van der Waals surface area (Å²) in [6.45, 7) is 0.881. The van der Waals surface area contributed by atoms with Gasteiger partial charge in [-0.1, -0.05) is 23.7 Å². The molecular formula is C14H10ClN5OS. The second-order valence-corrected chi connectivity index (χ2v) is 5.76. The summed E-state index contributed by atoms with van der Waals surface area (Å²) in [5.74, 6) is 0. The fraction of sp³-hybridized carbons (Fsp3) is 0.143. The summed E-state index contributed by atoms with van der Waals surface area (Å²) in [6, 6.07) is 9.47. The first-order chi connectivity index (χ1) is 10.8. The number of nitrogens with zero attached hydrogens (tertiary/aromatic N) is 4.